The van der Waals surface area contributed by atoms with E-state index in [0.29, 0.717) is 48.4 Å². The molecule has 12 heteroatoms. The quantitative estimate of drug-likeness (QED) is 0.132. The molecule has 3 fully saturated rings. The van der Waals surface area contributed by atoms with E-state index in [9.17, 15) is 24.3 Å². The van der Waals surface area contributed by atoms with E-state index in [4.69, 9.17) is 25.8 Å². The highest BCUT2D eigenvalue weighted by Crippen LogP contribution is 2.59. The number of amides is 3. The summed E-state index contributed by atoms with van der Waals surface area (Å²) in [5.74, 6) is -3.63. The van der Waals surface area contributed by atoms with Crippen molar-refractivity contribution in [2.24, 2.45) is 11.8 Å². The van der Waals surface area contributed by atoms with Crippen LogP contribution in [0.5, 0.6) is 0 Å². The van der Waals surface area contributed by atoms with Crippen LogP contribution in [0.1, 0.15) is 50.2 Å². The van der Waals surface area contributed by atoms with Crippen molar-refractivity contribution in [3.8, 4) is 0 Å². The Morgan fingerprint density at radius 2 is 1.88 bits per heavy atom. The third-order valence-electron chi connectivity index (χ3n) is 9.84. The van der Waals surface area contributed by atoms with Gasteiger partial charge in [-0.1, -0.05) is 66.2 Å². The molecule has 2 bridgehead atoms. The van der Waals surface area contributed by atoms with Crippen LogP contribution in [0.25, 0.3) is 0 Å². The normalized spacial score (nSPS) is 24.7. The Kier molecular flexibility index (Phi) is 12.5. The van der Waals surface area contributed by atoms with E-state index in [0.717, 1.165) is 0 Å². The van der Waals surface area contributed by atoms with Gasteiger partial charge in [0.2, 0.25) is 11.8 Å². The van der Waals surface area contributed by atoms with Crippen LogP contribution in [-0.2, 0) is 33.4 Å². The van der Waals surface area contributed by atoms with Crippen molar-refractivity contribution < 1.29 is 38.5 Å². The lowest BCUT2D eigenvalue weighted by Crippen LogP contribution is -2.56. The predicted molar refractivity (Wildman–Crippen MR) is 188 cm³/mol. The number of rotatable bonds is 18. The van der Waals surface area contributed by atoms with Gasteiger partial charge in [0.1, 0.15) is 17.7 Å². The second-order valence-electron chi connectivity index (χ2n) is 12.9. The minimum atomic E-state index is -1.28. The number of aliphatic hydroxyl groups excluding tert-OH is 1. The summed E-state index contributed by atoms with van der Waals surface area (Å²) in [5, 5.41) is 12.8. The van der Waals surface area contributed by atoms with Gasteiger partial charge in [0.25, 0.3) is 5.91 Å². The molecule has 11 nitrogen and oxygen atoms in total. The van der Waals surface area contributed by atoms with Crippen LogP contribution in [0.3, 0.4) is 0 Å². The number of unbranched alkanes of at least 4 members (excludes halogenated alkanes) is 1. The predicted octanol–water partition coefficient (Wildman–Crippen LogP) is 4.39. The van der Waals surface area contributed by atoms with Gasteiger partial charge < -0.3 is 34.4 Å². The first-order valence-corrected chi connectivity index (χ1v) is 17.5. The number of nitrogens with one attached hydrogen (secondary N) is 1. The Bertz CT molecular complexity index is 1560. The number of ether oxygens (including phenoxy) is 3. The highest BCUT2D eigenvalue weighted by atomic mass is 35.5. The van der Waals surface area contributed by atoms with Gasteiger partial charge >= 0.3 is 5.97 Å². The molecule has 0 aromatic heterocycles. The molecular weight excluding hydrogens is 662 g/mol. The monoisotopic (exact) mass is 707 g/mol. The number of carbonyl (C=O) groups is 4. The fraction of sp³-hybridized carbons (Fsp3) is 0.474. The zero-order chi connectivity index (χ0) is 35.8. The molecule has 2 aromatic carbocycles. The number of carbonyl (C=O) groups excluding carboxylic acids is 4. The van der Waals surface area contributed by atoms with Crippen molar-refractivity contribution >= 4 is 41.0 Å². The molecule has 3 aliphatic rings. The van der Waals surface area contributed by atoms with E-state index in [1.807, 2.05) is 18.2 Å². The summed E-state index contributed by atoms with van der Waals surface area (Å²) in [4.78, 5) is 59.5. The molecule has 3 heterocycles. The van der Waals surface area contributed by atoms with Crippen molar-refractivity contribution in [2.45, 2.75) is 68.4 Å². The first-order chi connectivity index (χ1) is 24.2. The number of nitrogens with zero attached hydrogens (tertiary/aromatic N) is 2. The molecular formula is C38H46ClN3O8. The van der Waals surface area contributed by atoms with Crippen LogP contribution in [0, 0.1) is 11.8 Å². The molecule has 2 N–H and O–H groups in total. The number of benzene rings is 2. The number of fused-ring (bicyclic) bond motifs is 1. The Labute approximate surface area is 298 Å². The smallest absolute Gasteiger partial charge is 0.313 e. The maximum Gasteiger partial charge on any atom is 0.313 e. The van der Waals surface area contributed by atoms with Gasteiger partial charge in [0.15, 0.2) is 0 Å². The number of hydrogen-bond acceptors (Lipinski definition) is 8. The average Bonchev–Trinajstić information content (AvgIpc) is 3.76. The van der Waals surface area contributed by atoms with E-state index in [2.05, 4.69) is 18.5 Å². The molecule has 3 saturated heterocycles. The molecule has 1 spiro atoms. The topological polar surface area (TPSA) is 135 Å². The second kappa shape index (κ2) is 16.8. The summed E-state index contributed by atoms with van der Waals surface area (Å²) in [6.07, 6.45) is 4.04. The molecule has 2 aromatic rings. The van der Waals surface area contributed by atoms with Crippen molar-refractivity contribution in [3.63, 3.8) is 0 Å². The highest BCUT2D eigenvalue weighted by molar-refractivity contribution is 6.34. The number of methoxy groups -OCH3 is 1. The number of halogens is 1. The molecule has 0 radical (unpaired) electrons. The zero-order valence-corrected chi connectivity index (χ0v) is 29.1. The van der Waals surface area contributed by atoms with Gasteiger partial charge in [-0.2, -0.15) is 0 Å². The van der Waals surface area contributed by atoms with Crippen molar-refractivity contribution in [2.75, 3.05) is 38.3 Å². The lowest BCUT2D eigenvalue weighted by Gasteiger charge is -2.37. The van der Waals surface area contributed by atoms with Crippen molar-refractivity contribution in [3.05, 3.63) is 90.5 Å². The van der Waals surface area contributed by atoms with E-state index >= 15 is 0 Å². The molecule has 3 aliphatic heterocycles. The minimum Gasteiger partial charge on any atom is -0.455 e. The lowest BCUT2D eigenvalue weighted by atomic mass is 9.70. The molecule has 50 heavy (non-hydrogen) atoms. The lowest BCUT2D eigenvalue weighted by molar-refractivity contribution is -0.163. The average molecular weight is 708 g/mol. The van der Waals surface area contributed by atoms with Gasteiger partial charge in [0, 0.05) is 33.2 Å². The van der Waals surface area contributed by atoms with Crippen LogP contribution in [0.2, 0.25) is 5.02 Å². The molecule has 268 valence electrons. The van der Waals surface area contributed by atoms with E-state index in [1.54, 1.807) is 48.6 Å². The number of hydrogen-bond donors (Lipinski definition) is 2. The number of aliphatic hydroxyl groups is 1. The summed E-state index contributed by atoms with van der Waals surface area (Å²) in [6, 6.07) is 14.2. The largest absolute Gasteiger partial charge is 0.455 e. The van der Waals surface area contributed by atoms with Crippen LogP contribution in [0.4, 0.5) is 5.69 Å². The number of esters is 1. The van der Waals surface area contributed by atoms with E-state index in [1.165, 1.54) is 16.9 Å². The van der Waals surface area contributed by atoms with Gasteiger partial charge in [-0.05, 0) is 49.8 Å². The minimum absolute atomic E-state index is 0.0555. The SMILES string of the molecule is C=CCCC(=O)N[C@@H](COC)[C@@H](OC(=O)[C@@H]1[C@H]2C(=O)N(CCCCO)[C@H](C(=O)N(CC=C)c3ccccc3Cl)[C@]23CC[C@H]1O3)c1ccccc1. The Morgan fingerprint density at radius 3 is 2.56 bits per heavy atom. The van der Waals surface area contributed by atoms with Crippen LogP contribution >= 0.6 is 11.6 Å². The van der Waals surface area contributed by atoms with E-state index in [-0.39, 0.29) is 44.5 Å². The Balaban J connectivity index is 1.49. The standard InChI is InChI=1S/C38H46ClN3O8/c1-4-6-18-30(44)40-27(24-48-3)33(25-14-8-7-9-15-25)49-37(47)31-29-19-20-38(50-29)32(31)35(45)42(22-12-13-23-43)34(38)36(46)41(21-5-2)28-17-11-10-16-26(28)39/h4-5,7-11,14-17,27,29,31-34,43H,1-2,6,12-13,18-24H2,3H3,(H,40,44)/t27-,29+,31-,32-,33-,34+,38-/m0/s1. The fourth-order valence-electron chi connectivity index (χ4n) is 7.71. The number of likely N-dealkylation sites (tertiary alicyclic amines) is 1. The molecule has 5 rings (SSSR count). The van der Waals surface area contributed by atoms with Gasteiger partial charge in [0.05, 0.1) is 41.3 Å². The zero-order valence-electron chi connectivity index (χ0n) is 28.4. The summed E-state index contributed by atoms with van der Waals surface area (Å²) in [5.41, 5.74) is -0.174. The van der Waals surface area contributed by atoms with Crippen LogP contribution in [0.15, 0.2) is 79.9 Å². The van der Waals surface area contributed by atoms with Crippen LogP contribution < -0.4 is 10.2 Å². The maximum absolute atomic E-state index is 14.7. The summed E-state index contributed by atoms with van der Waals surface area (Å²) >= 11 is 6.56. The molecule has 0 unspecified atom stereocenters. The first-order valence-electron chi connectivity index (χ1n) is 17.1. The maximum atomic E-state index is 14.7. The van der Waals surface area contributed by atoms with Gasteiger partial charge in [-0.25, -0.2) is 0 Å². The second-order valence-corrected chi connectivity index (χ2v) is 13.3. The van der Waals surface area contributed by atoms with Gasteiger partial charge in [-0.15, -0.1) is 13.2 Å². The number of para-hydroxylation sites is 1. The molecule has 0 aliphatic carbocycles. The van der Waals surface area contributed by atoms with Crippen molar-refractivity contribution in [1.82, 2.24) is 10.2 Å². The third-order valence-corrected chi connectivity index (χ3v) is 10.2. The fourth-order valence-corrected chi connectivity index (χ4v) is 7.95. The first kappa shape index (κ1) is 37.2. The van der Waals surface area contributed by atoms with E-state index < -0.39 is 53.6 Å². The summed E-state index contributed by atoms with van der Waals surface area (Å²) in [6.45, 7) is 7.83. The summed E-state index contributed by atoms with van der Waals surface area (Å²) in [7, 11) is 1.50. The molecule has 0 saturated carbocycles. The van der Waals surface area contributed by atoms with Crippen molar-refractivity contribution in [1.29, 1.82) is 0 Å². The molecule has 3 amide bonds. The Hall–Kier alpha value is -4.03. The number of anilines is 1. The number of allylic oxidation sites excluding steroid dienone is 1. The molecule has 7 atom stereocenters. The third kappa shape index (κ3) is 7.37. The summed E-state index contributed by atoms with van der Waals surface area (Å²) < 4.78 is 18.4. The Morgan fingerprint density at radius 1 is 1.14 bits per heavy atom. The van der Waals surface area contributed by atoms with Crippen LogP contribution in [-0.4, -0.2) is 90.9 Å². The highest BCUT2D eigenvalue weighted by Gasteiger charge is 2.75. The van der Waals surface area contributed by atoms with Gasteiger partial charge in [-0.3, -0.25) is 19.2 Å².